The third kappa shape index (κ3) is 6.54. The van der Waals surface area contributed by atoms with Crippen LogP contribution in [-0.2, 0) is 21.4 Å². The van der Waals surface area contributed by atoms with Crippen LogP contribution in [0.2, 0.25) is 0 Å². The molecule has 0 amide bonds. The first kappa shape index (κ1) is 24.3. The fraction of sp³-hybridized carbons (Fsp3) is 0.348. The molecule has 0 heterocycles. The van der Waals surface area contributed by atoms with Gasteiger partial charge >= 0.3 is 0 Å². The van der Waals surface area contributed by atoms with E-state index in [0.29, 0.717) is 0 Å². The predicted octanol–water partition coefficient (Wildman–Crippen LogP) is 4.02. The lowest BCUT2D eigenvalue weighted by Crippen LogP contribution is -2.40. The zero-order chi connectivity index (χ0) is 22.3. The molecule has 0 spiro atoms. The number of carbonyl (C=O) groups excluding carboxylic acids is 1. The second kappa shape index (κ2) is 10.9. The van der Waals surface area contributed by atoms with Crippen molar-refractivity contribution >= 4 is 26.9 Å². The van der Waals surface area contributed by atoms with E-state index in [2.05, 4.69) is 6.58 Å². The minimum absolute atomic E-state index is 0.212. The molecule has 7 heteroatoms. The molecule has 0 fully saturated rings. The lowest BCUT2D eigenvalue weighted by atomic mass is 10.1. The lowest BCUT2D eigenvalue weighted by molar-refractivity contribution is -0.116. The van der Waals surface area contributed by atoms with Crippen LogP contribution in [0.5, 0.6) is 0 Å². The van der Waals surface area contributed by atoms with Crippen LogP contribution < -0.4 is 0 Å². The topological polar surface area (TPSA) is 74.7 Å². The Morgan fingerprint density at radius 3 is 2.13 bits per heavy atom. The Bertz CT molecular complexity index is 932. The molecule has 0 radical (unpaired) electrons. The van der Waals surface area contributed by atoms with E-state index >= 15 is 0 Å². The van der Waals surface area contributed by atoms with Crippen LogP contribution in [0, 0.1) is 5.92 Å². The maximum Gasteiger partial charge on any atom is 0.211 e. The molecular weight excluding hydrogens is 418 g/mol. The van der Waals surface area contributed by atoms with Crippen molar-refractivity contribution in [3.63, 3.8) is 0 Å². The molecule has 0 saturated carbocycles. The Kier molecular flexibility index (Phi) is 8.85. The van der Waals surface area contributed by atoms with Gasteiger partial charge in [0.15, 0.2) is 5.12 Å². The van der Waals surface area contributed by atoms with E-state index < -0.39 is 33.3 Å². The van der Waals surface area contributed by atoms with Gasteiger partial charge in [-0.25, -0.2) is 8.42 Å². The second-order valence-electron chi connectivity index (χ2n) is 7.32. The van der Waals surface area contributed by atoms with Crippen LogP contribution in [0.3, 0.4) is 0 Å². The minimum Gasteiger partial charge on any atom is -0.388 e. The monoisotopic (exact) mass is 447 g/mol. The summed E-state index contributed by atoms with van der Waals surface area (Å²) >= 11 is 1.06. The Labute approximate surface area is 183 Å². The summed E-state index contributed by atoms with van der Waals surface area (Å²) in [6, 6.07) is 18.3. The van der Waals surface area contributed by atoms with E-state index in [4.69, 9.17) is 0 Å². The highest BCUT2D eigenvalue weighted by Gasteiger charge is 2.34. The van der Waals surface area contributed by atoms with Crippen LogP contribution >= 0.6 is 11.8 Å². The average Bonchev–Trinajstić information content (AvgIpc) is 2.74. The Morgan fingerprint density at radius 1 is 1.10 bits per heavy atom. The largest absolute Gasteiger partial charge is 0.388 e. The summed E-state index contributed by atoms with van der Waals surface area (Å²) in [5.74, 6) is -0.647. The normalized spacial score (nSPS) is 15.9. The fourth-order valence-corrected chi connectivity index (χ4v) is 5.57. The molecule has 0 unspecified atom stereocenters. The molecule has 1 N–H and O–H groups in total. The van der Waals surface area contributed by atoms with Crippen molar-refractivity contribution in [3.8, 4) is 0 Å². The summed E-state index contributed by atoms with van der Waals surface area (Å²) in [6.45, 7) is 7.22. The highest BCUT2D eigenvalue weighted by molar-refractivity contribution is 8.13. The Hall–Kier alpha value is -1.93. The van der Waals surface area contributed by atoms with Gasteiger partial charge in [0, 0.05) is 12.6 Å². The number of rotatable bonds is 10. The van der Waals surface area contributed by atoms with E-state index in [1.54, 1.807) is 6.92 Å². The highest BCUT2D eigenvalue weighted by atomic mass is 32.2. The fourth-order valence-electron chi connectivity index (χ4n) is 3.14. The summed E-state index contributed by atoms with van der Waals surface area (Å²) in [5, 5.41) is 9.35. The molecule has 0 aromatic heterocycles. The first-order valence-electron chi connectivity index (χ1n) is 9.72. The maximum absolute atomic E-state index is 12.8. The third-order valence-electron chi connectivity index (χ3n) is 5.00. The molecule has 0 aliphatic carbocycles. The Morgan fingerprint density at radius 2 is 1.63 bits per heavy atom. The lowest BCUT2D eigenvalue weighted by Gasteiger charge is -2.33. The standard InChI is InChI=1S/C23H29NO4S2/c1-5-21(25)17(2)23(26)29-22(20-14-10-7-11-15-20)18(3)24(30(4,27)28)16-19-12-8-6-9-13-19/h5-15,17-18,21-22,25H,1,16H2,2-4H3/t17-,18+,21-,22+/m0/s1. The van der Waals surface area contributed by atoms with E-state index in [0.717, 1.165) is 22.9 Å². The number of aliphatic hydroxyl groups is 1. The SMILES string of the molecule is C=C[C@H](O)[C@H](C)C(=O)S[C@@H](c1ccccc1)[C@@H](C)N(Cc1ccccc1)S(C)(=O)=O. The third-order valence-corrected chi connectivity index (χ3v) is 7.83. The van der Waals surface area contributed by atoms with Gasteiger partial charge in [-0.05, 0) is 18.1 Å². The molecule has 5 nitrogen and oxygen atoms in total. The maximum atomic E-state index is 12.8. The van der Waals surface area contributed by atoms with Crippen molar-refractivity contribution in [2.75, 3.05) is 6.26 Å². The number of benzene rings is 2. The van der Waals surface area contributed by atoms with E-state index in [9.17, 15) is 18.3 Å². The van der Waals surface area contributed by atoms with E-state index in [-0.39, 0.29) is 11.7 Å². The molecular formula is C23H29NO4S2. The summed E-state index contributed by atoms with van der Waals surface area (Å²) in [7, 11) is -3.55. The van der Waals surface area contributed by atoms with Crippen molar-refractivity contribution in [2.24, 2.45) is 5.92 Å². The van der Waals surface area contributed by atoms with Gasteiger partial charge in [-0.2, -0.15) is 4.31 Å². The van der Waals surface area contributed by atoms with Crippen LogP contribution in [0.15, 0.2) is 73.3 Å². The van der Waals surface area contributed by atoms with Gasteiger partial charge in [-0.3, -0.25) is 4.79 Å². The molecule has 30 heavy (non-hydrogen) atoms. The number of sulfonamides is 1. The molecule has 0 aliphatic rings. The molecule has 162 valence electrons. The van der Waals surface area contributed by atoms with Gasteiger partial charge in [0.1, 0.15) is 0 Å². The smallest absolute Gasteiger partial charge is 0.211 e. The van der Waals surface area contributed by atoms with E-state index in [1.807, 2.05) is 67.6 Å². The molecule has 4 atom stereocenters. The first-order valence-corrected chi connectivity index (χ1v) is 12.4. The molecule has 0 aliphatic heterocycles. The van der Waals surface area contributed by atoms with Crippen molar-refractivity contribution in [1.29, 1.82) is 0 Å². The van der Waals surface area contributed by atoms with Crippen LogP contribution in [0.1, 0.15) is 30.2 Å². The van der Waals surface area contributed by atoms with Crippen LogP contribution in [0.4, 0.5) is 0 Å². The quantitative estimate of drug-likeness (QED) is 0.557. The summed E-state index contributed by atoms with van der Waals surface area (Å²) in [4.78, 5) is 12.8. The number of thioether (sulfide) groups is 1. The van der Waals surface area contributed by atoms with Gasteiger partial charge in [0.25, 0.3) is 0 Å². The van der Waals surface area contributed by atoms with Crippen LogP contribution in [-0.4, -0.2) is 41.3 Å². The summed E-state index contributed by atoms with van der Waals surface area (Å²) in [5.41, 5.74) is 1.72. The molecule has 2 aromatic carbocycles. The molecule has 0 saturated heterocycles. The van der Waals surface area contributed by atoms with Crippen molar-refractivity contribution in [2.45, 2.75) is 37.8 Å². The number of hydrogen-bond donors (Lipinski definition) is 1. The predicted molar refractivity (Wildman–Crippen MR) is 123 cm³/mol. The number of aliphatic hydroxyl groups excluding tert-OH is 1. The summed E-state index contributed by atoms with van der Waals surface area (Å²) < 4.78 is 26.8. The first-order chi connectivity index (χ1) is 14.1. The zero-order valence-electron chi connectivity index (χ0n) is 17.5. The minimum atomic E-state index is -3.55. The molecule has 0 bridgehead atoms. The zero-order valence-corrected chi connectivity index (χ0v) is 19.1. The van der Waals surface area contributed by atoms with Crippen molar-refractivity contribution in [1.82, 2.24) is 4.31 Å². The van der Waals surface area contributed by atoms with Crippen LogP contribution in [0.25, 0.3) is 0 Å². The molecule has 2 aromatic rings. The van der Waals surface area contributed by atoms with Gasteiger partial charge in [-0.1, -0.05) is 85.4 Å². The number of hydrogen-bond acceptors (Lipinski definition) is 5. The van der Waals surface area contributed by atoms with Gasteiger partial charge in [-0.15, -0.1) is 6.58 Å². The second-order valence-corrected chi connectivity index (χ2v) is 10.4. The number of nitrogens with zero attached hydrogens (tertiary/aromatic N) is 1. The average molecular weight is 448 g/mol. The van der Waals surface area contributed by atoms with Gasteiger partial charge in [0.05, 0.1) is 23.5 Å². The summed E-state index contributed by atoms with van der Waals surface area (Å²) in [6.07, 6.45) is 1.57. The van der Waals surface area contributed by atoms with Crippen molar-refractivity contribution < 1.29 is 18.3 Å². The Balaban J connectivity index is 2.39. The van der Waals surface area contributed by atoms with Gasteiger partial charge < -0.3 is 5.11 Å². The van der Waals surface area contributed by atoms with Crippen molar-refractivity contribution in [3.05, 3.63) is 84.4 Å². The van der Waals surface area contributed by atoms with E-state index in [1.165, 1.54) is 16.6 Å². The highest BCUT2D eigenvalue weighted by Crippen LogP contribution is 2.38. The number of carbonyl (C=O) groups is 1. The van der Waals surface area contributed by atoms with Gasteiger partial charge in [0.2, 0.25) is 10.0 Å². The molecule has 2 rings (SSSR count).